The van der Waals surface area contributed by atoms with Gasteiger partial charge in [-0.15, -0.1) is 11.3 Å². The van der Waals surface area contributed by atoms with Gasteiger partial charge in [-0.1, -0.05) is 30.3 Å². The highest BCUT2D eigenvalue weighted by molar-refractivity contribution is 7.20. The molecule has 4 heterocycles. The summed E-state index contributed by atoms with van der Waals surface area (Å²) < 4.78 is 7.25. The first-order valence-corrected chi connectivity index (χ1v) is 12.5. The number of ether oxygens (including phenoxy) is 1. The number of thiophene rings is 1. The quantitative estimate of drug-likeness (QED) is 0.522. The van der Waals surface area contributed by atoms with Crippen LogP contribution in [0.3, 0.4) is 0 Å². The average Bonchev–Trinajstić information content (AvgIpc) is 3.44. The molecule has 178 valence electrons. The van der Waals surface area contributed by atoms with Crippen molar-refractivity contribution in [1.82, 2.24) is 19.4 Å². The van der Waals surface area contributed by atoms with Crippen LogP contribution >= 0.6 is 11.3 Å². The van der Waals surface area contributed by atoms with E-state index in [1.54, 1.807) is 23.3 Å². The monoisotopic (exact) mass is 480 g/mol. The smallest absolute Gasteiger partial charge is 0.349 e. The van der Waals surface area contributed by atoms with Gasteiger partial charge in [0.2, 0.25) is 0 Å². The Hall–Kier alpha value is -3.04. The molecule has 0 aliphatic carbocycles. The summed E-state index contributed by atoms with van der Waals surface area (Å²) in [4.78, 5) is 48.3. The SMILES string of the molecule is Cc1c(C(=O)O[C@@H](C)C(=O)N2CCN(Cc3ccccc3)CC2)sc2nc3n(c(=O)c12)CCC3. The molecule has 1 fully saturated rings. The normalized spacial score (nSPS) is 17.1. The molecule has 1 saturated heterocycles. The van der Waals surface area contributed by atoms with Crippen LogP contribution in [0.25, 0.3) is 10.2 Å². The Bertz CT molecular complexity index is 1290. The minimum atomic E-state index is -0.892. The molecule has 8 nitrogen and oxygen atoms in total. The van der Waals surface area contributed by atoms with Gasteiger partial charge in [0.25, 0.3) is 11.5 Å². The van der Waals surface area contributed by atoms with Crippen LogP contribution in [0.1, 0.15) is 40.0 Å². The van der Waals surface area contributed by atoms with Crippen LogP contribution in [0.4, 0.5) is 0 Å². The molecule has 0 unspecified atom stereocenters. The topological polar surface area (TPSA) is 84.7 Å². The zero-order valence-corrected chi connectivity index (χ0v) is 20.3. The van der Waals surface area contributed by atoms with E-state index in [9.17, 15) is 14.4 Å². The van der Waals surface area contributed by atoms with Crippen LogP contribution in [0.15, 0.2) is 35.1 Å². The molecule has 1 aromatic carbocycles. The van der Waals surface area contributed by atoms with E-state index in [-0.39, 0.29) is 11.5 Å². The van der Waals surface area contributed by atoms with Crippen molar-refractivity contribution in [2.75, 3.05) is 26.2 Å². The van der Waals surface area contributed by atoms with E-state index in [0.29, 0.717) is 40.3 Å². The van der Waals surface area contributed by atoms with Gasteiger partial charge < -0.3 is 9.64 Å². The lowest BCUT2D eigenvalue weighted by Gasteiger charge is -2.35. The number of amides is 1. The number of rotatable bonds is 5. The van der Waals surface area contributed by atoms with E-state index in [2.05, 4.69) is 22.0 Å². The summed E-state index contributed by atoms with van der Waals surface area (Å²) in [5, 5.41) is 0.483. The molecule has 5 rings (SSSR count). The van der Waals surface area contributed by atoms with Gasteiger partial charge in [0.05, 0.1) is 5.39 Å². The molecule has 1 atom stereocenters. The van der Waals surface area contributed by atoms with Crippen LogP contribution in [0, 0.1) is 6.92 Å². The van der Waals surface area contributed by atoms with Gasteiger partial charge in [-0.3, -0.25) is 19.1 Å². The fourth-order valence-electron chi connectivity index (χ4n) is 4.76. The van der Waals surface area contributed by atoms with Crippen molar-refractivity contribution >= 4 is 33.4 Å². The minimum Gasteiger partial charge on any atom is -0.448 e. The number of hydrogen-bond acceptors (Lipinski definition) is 7. The molecular weight excluding hydrogens is 452 g/mol. The van der Waals surface area contributed by atoms with E-state index in [1.165, 1.54) is 16.9 Å². The van der Waals surface area contributed by atoms with Crippen molar-refractivity contribution in [3.8, 4) is 0 Å². The second kappa shape index (κ2) is 9.31. The number of fused-ring (bicyclic) bond motifs is 2. The molecule has 3 aromatic rings. The molecule has 0 spiro atoms. The van der Waals surface area contributed by atoms with Crippen molar-refractivity contribution in [3.05, 3.63) is 62.5 Å². The lowest BCUT2D eigenvalue weighted by molar-refractivity contribution is -0.141. The molecule has 0 bridgehead atoms. The van der Waals surface area contributed by atoms with Gasteiger partial charge in [0, 0.05) is 45.7 Å². The highest BCUT2D eigenvalue weighted by Crippen LogP contribution is 2.29. The summed E-state index contributed by atoms with van der Waals surface area (Å²) >= 11 is 1.17. The van der Waals surface area contributed by atoms with Crippen molar-refractivity contribution in [2.24, 2.45) is 0 Å². The molecule has 9 heteroatoms. The average molecular weight is 481 g/mol. The third-order valence-corrected chi connectivity index (χ3v) is 7.83. The van der Waals surface area contributed by atoms with Gasteiger partial charge in [0.15, 0.2) is 6.10 Å². The second-order valence-corrected chi connectivity index (χ2v) is 9.96. The Morgan fingerprint density at radius 2 is 1.85 bits per heavy atom. The third kappa shape index (κ3) is 4.25. The molecule has 0 radical (unpaired) electrons. The second-order valence-electron chi connectivity index (χ2n) is 8.96. The summed E-state index contributed by atoms with van der Waals surface area (Å²) in [7, 11) is 0. The Labute approximate surface area is 201 Å². The summed E-state index contributed by atoms with van der Waals surface area (Å²) in [6.45, 7) is 7.63. The lowest BCUT2D eigenvalue weighted by Crippen LogP contribution is -2.51. The number of hydrogen-bond donors (Lipinski definition) is 0. The van der Waals surface area contributed by atoms with Crippen molar-refractivity contribution in [3.63, 3.8) is 0 Å². The van der Waals surface area contributed by atoms with Gasteiger partial charge in [0.1, 0.15) is 15.5 Å². The predicted octanol–water partition coefficient (Wildman–Crippen LogP) is 2.60. The Morgan fingerprint density at radius 1 is 1.12 bits per heavy atom. The highest BCUT2D eigenvalue weighted by Gasteiger charge is 2.30. The van der Waals surface area contributed by atoms with Crippen molar-refractivity contribution in [1.29, 1.82) is 0 Å². The first kappa shape index (κ1) is 22.7. The van der Waals surface area contributed by atoms with Gasteiger partial charge in [-0.05, 0) is 31.4 Å². The first-order valence-electron chi connectivity index (χ1n) is 11.7. The van der Waals surface area contributed by atoms with Crippen LogP contribution in [-0.2, 0) is 29.0 Å². The fourth-order valence-corrected chi connectivity index (χ4v) is 5.83. The van der Waals surface area contributed by atoms with Crippen LogP contribution in [0.5, 0.6) is 0 Å². The molecule has 34 heavy (non-hydrogen) atoms. The molecular formula is C25H28N4O4S. The van der Waals surface area contributed by atoms with Crippen LogP contribution in [0.2, 0.25) is 0 Å². The molecule has 2 aliphatic rings. The molecule has 1 amide bonds. The maximum Gasteiger partial charge on any atom is 0.349 e. The largest absolute Gasteiger partial charge is 0.448 e. The van der Waals surface area contributed by atoms with Gasteiger partial charge in [-0.25, -0.2) is 9.78 Å². The van der Waals surface area contributed by atoms with Crippen molar-refractivity contribution < 1.29 is 14.3 Å². The first-order chi connectivity index (χ1) is 16.4. The molecule has 0 N–H and O–H groups in total. The minimum absolute atomic E-state index is 0.0946. The predicted molar refractivity (Wildman–Crippen MR) is 130 cm³/mol. The molecule has 2 aromatic heterocycles. The van der Waals surface area contributed by atoms with Gasteiger partial charge >= 0.3 is 5.97 Å². The van der Waals surface area contributed by atoms with E-state index in [1.807, 2.05) is 18.2 Å². The Morgan fingerprint density at radius 3 is 2.59 bits per heavy atom. The number of aryl methyl sites for hydroxylation is 2. The molecule has 0 saturated carbocycles. The van der Waals surface area contributed by atoms with E-state index < -0.39 is 12.1 Å². The molecule has 2 aliphatic heterocycles. The zero-order chi connectivity index (χ0) is 23.8. The number of piperazine rings is 1. The standard InChI is InChI=1S/C25H28N4O4S/c1-16-20-22(26-19-9-6-10-29(19)24(20)31)34-21(16)25(32)33-17(2)23(30)28-13-11-27(12-14-28)15-18-7-4-3-5-8-18/h3-5,7-8,17H,6,9-15H2,1-2H3/t17-/m0/s1. The summed E-state index contributed by atoms with van der Waals surface area (Å²) in [5.74, 6) is 0.00545. The van der Waals surface area contributed by atoms with E-state index in [0.717, 1.165) is 38.3 Å². The fraction of sp³-hybridized carbons (Fsp3) is 0.440. The van der Waals surface area contributed by atoms with E-state index in [4.69, 9.17) is 4.74 Å². The number of aromatic nitrogens is 2. The number of carbonyl (C=O) groups is 2. The Balaban J connectivity index is 1.22. The van der Waals surface area contributed by atoms with Crippen LogP contribution in [-0.4, -0.2) is 63.5 Å². The highest BCUT2D eigenvalue weighted by atomic mass is 32.1. The van der Waals surface area contributed by atoms with Crippen LogP contribution < -0.4 is 5.56 Å². The maximum absolute atomic E-state index is 12.9. The number of esters is 1. The third-order valence-electron chi connectivity index (χ3n) is 6.66. The number of nitrogens with zero attached hydrogens (tertiary/aromatic N) is 4. The van der Waals surface area contributed by atoms with E-state index >= 15 is 0 Å². The summed E-state index contributed by atoms with van der Waals surface area (Å²) in [6, 6.07) is 10.3. The Kier molecular flexibility index (Phi) is 6.22. The zero-order valence-electron chi connectivity index (χ0n) is 19.5. The van der Waals surface area contributed by atoms with Crippen molar-refractivity contribution in [2.45, 2.75) is 45.9 Å². The van der Waals surface area contributed by atoms with Gasteiger partial charge in [-0.2, -0.15) is 0 Å². The summed E-state index contributed by atoms with van der Waals surface area (Å²) in [6.07, 6.45) is 0.788. The lowest BCUT2D eigenvalue weighted by atomic mass is 10.2. The number of benzene rings is 1. The summed E-state index contributed by atoms with van der Waals surface area (Å²) in [5.41, 5.74) is 1.74. The number of carbonyl (C=O) groups excluding carboxylic acids is 2. The maximum atomic E-state index is 12.9.